The fourth-order valence-corrected chi connectivity index (χ4v) is 1.19. The lowest BCUT2D eigenvalue weighted by Gasteiger charge is -2.20. The van der Waals surface area contributed by atoms with Crippen LogP contribution in [-0.4, -0.2) is 28.9 Å². The quantitative estimate of drug-likeness (QED) is 0.661. The maximum atomic E-state index is 11.4. The van der Waals surface area contributed by atoms with Crippen LogP contribution < -0.4 is 5.73 Å². The molecule has 4 heteroatoms. The molecule has 0 fully saturated rings. The molecule has 0 aliphatic rings. The molecule has 0 atom stereocenters. The number of carbonyl (C=O) groups is 1. The van der Waals surface area contributed by atoms with Crippen LogP contribution in [-0.2, 0) is 4.79 Å². The number of amides is 1. The van der Waals surface area contributed by atoms with Gasteiger partial charge in [0.05, 0.1) is 4.99 Å². The molecule has 0 heterocycles. The van der Waals surface area contributed by atoms with Crippen LogP contribution >= 0.6 is 12.2 Å². The van der Waals surface area contributed by atoms with Gasteiger partial charge in [-0.05, 0) is 6.42 Å². The average molecular weight is 202 g/mol. The molecule has 0 rings (SSSR count). The molecule has 0 spiro atoms. The highest BCUT2D eigenvalue weighted by Crippen LogP contribution is 1.98. The molecule has 3 nitrogen and oxygen atoms in total. The predicted molar refractivity (Wildman–Crippen MR) is 58.6 cm³/mol. The molecule has 1 amide bonds. The summed E-state index contributed by atoms with van der Waals surface area (Å²) in [6.07, 6.45) is 2.15. The van der Waals surface area contributed by atoms with Crippen molar-refractivity contribution in [2.24, 2.45) is 5.73 Å². The van der Waals surface area contributed by atoms with Crippen molar-refractivity contribution in [3.63, 3.8) is 0 Å². The van der Waals surface area contributed by atoms with Crippen LogP contribution in [0.1, 0.15) is 33.1 Å². The standard InChI is InChI=1S/C9H18N2OS/c1-3-6-11(9(12)4-2)7-5-8(10)13/h3-7H2,1-2H3,(H2,10,13). The number of nitrogens with two attached hydrogens (primary N) is 1. The molecule has 0 saturated heterocycles. The molecule has 0 aliphatic heterocycles. The molecule has 0 aromatic heterocycles. The second-order valence-electron chi connectivity index (χ2n) is 2.95. The lowest BCUT2D eigenvalue weighted by Crippen LogP contribution is -2.33. The number of thiocarbonyl (C=S) groups is 1. The van der Waals surface area contributed by atoms with Crippen molar-refractivity contribution < 1.29 is 4.79 Å². The van der Waals surface area contributed by atoms with Crippen molar-refractivity contribution in [1.29, 1.82) is 0 Å². The SMILES string of the molecule is CCCN(CCC(N)=S)C(=O)CC. The summed E-state index contributed by atoms with van der Waals surface area (Å²) in [6, 6.07) is 0. The lowest BCUT2D eigenvalue weighted by molar-refractivity contribution is -0.130. The Morgan fingerprint density at radius 3 is 2.38 bits per heavy atom. The summed E-state index contributed by atoms with van der Waals surface area (Å²) in [5.41, 5.74) is 5.37. The summed E-state index contributed by atoms with van der Waals surface area (Å²) in [5.74, 6) is 0.179. The van der Waals surface area contributed by atoms with E-state index in [0.29, 0.717) is 24.4 Å². The van der Waals surface area contributed by atoms with Crippen molar-refractivity contribution in [1.82, 2.24) is 4.90 Å². The van der Waals surface area contributed by atoms with Crippen LogP contribution in [0, 0.1) is 0 Å². The molecule has 0 unspecified atom stereocenters. The average Bonchev–Trinajstić information content (AvgIpc) is 2.10. The van der Waals surface area contributed by atoms with E-state index >= 15 is 0 Å². The highest BCUT2D eigenvalue weighted by atomic mass is 32.1. The summed E-state index contributed by atoms with van der Waals surface area (Å²) in [5, 5.41) is 0. The predicted octanol–water partition coefficient (Wildman–Crippen LogP) is 1.31. The van der Waals surface area contributed by atoms with E-state index in [9.17, 15) is 4.79 Å². The van der Waals surface area contributed by atoms with Crippen LogP contribution in [0.25, 0.3) is 0 Å². The largest absolute Gasteiger partial charge is 0.393 e. The molecular weight excluding hydrogens is 184 g/mol. The summed E-state index contributed by atoms with van der Waals surface area (Å²) >= 11 is 4.76. The van der Waals surface area contributed by atoms with Crippen molar-refractivity contribution in [3.05, 3.63) is 0 Å². The van der Waals surface area contributed by atoms with Gasteiger partial charge in [0, 0.05) is 25.9 Å². The number of carbonyl (C=O) groups excluding carboxylic acids is 1. The molecule has 0 bridgehead atoms. The minimum absolute atomic E-state index is 0.179. The van der Waals surface area contributed by atoms with E-state index in [0.717, 1.165) is 13.0 Å². The first kappa shape index (κ1) is 12.4. The summed E-state index contributed by atoms with van der Waals surface area (Å²) < 4.78 is 0. The Balaban J connectivity index is 3.93. The first-order chi connectivity index (χ1) is 6.11. The molecule has 0 aromatic rings. The van der Waals surface area contributed by atoms with E-state index in [4.69, 9.17) is 18.0 Å². The molecule has 0 aliphatic carbocycles. The number of rotatable bonds is 6. The molecule has 0 saturated carbocycles. The van der Waals surface area contributed by atoms with Crippen LogP contribution in [0.3, 0.4) is 0 Å². The van der Waals surface area contributed by atoms with Crippen LogP contribution in [0.2, 0.25) is 0 Å². The fraction of sp³-hybridized carbons (Fsp3) is 0.778. The molecule has 13 heavy (non-hydrogen) atoms. The van der Waals surface area contributed by atoms with Crippen molar-refractivity contribution in [2.45, 2.75) is 33.1 Å². The van der Waals surface area contributed by atoms with Gasteiger partial charge in [0.25, 0.3) is 0 Å². The Labute approximate surface area is 85.3 Å². The van der Waals surface area contributed by atoms with Crippen molar-refractivity contribution >= 4 is 23.1 Å². The van der Waals surface area contributed by atoms with Gasteiger partial charge < -0.3 is 10.6 Å². The van der Waals surface area contributed by atoms with E-state index in [2.05, 4.69) is 6.92 Å². The van der Waals surface area contributed by atoms with Gasteiger partial charge >= 0.3 is 0 Å². The third-order valence-corrected chi connectivity index (χ3v) is 1.98. The first-order valence-corrected chi connectivity index (χ1v) is 5.08. The number of hydrogen-bond acceptors (Lipinski definition) is 2. The molecule has 0 radical (unpaired) electrons. The maximum absolute atomic E-state index is 11.4. The Morgan fingerprint density at radius 1 is 1.38 bits per heavy atom. The van der Waals surface area contributed by atoms with Crippen LogP contribution in [0.5, 0.6) is 0 Å². The summed E-state index contributed by atoms with van der Waals surface area (Å²) in [7, 11) is 0. The fourth-order valence-electron chi connectivity index (χ4n) is 1.10. The highest BCUT2D eigenvalue weighted by Gasteiger charge is 2.09. The van der Waals surface area contributed by atoms with Crippen LogP contribution in [0.4, 0.5) is 0 Å². The monoisotopic (exact) mass is 202 g/mol. The third kappa shape index (κ3) is 5.58. The zero-order valence-electron chi connectivity index (χ0n) is 8.38. The minimum atomic E-state index is 0.179. The highest BCUT2D eigenvalue weighted by molar-refractivity contribution is 7.80. The first-order valence-electron chi connectivity index (χ1n) is 4.67. The minimum Gasteiger partial charge on any atom is -0.393 e. The topological polar surface area (TPSA) is 46.3 Å². The van der Waals surface area contributed by atoms with Crippen LogP contribution in [0.15, 0.2) is 0 Å². The second-order valence-corrected chi connectivity index (χ2v) is 3.48. The smallest absolute Gasteiger partial charge is 0.222 e. The van der Waals surface area contributed by atoms with E-state index in [1.807, 2.05) is 11.8 Å². The Bertz CT molecular complexity index is 182. The van der Waals surface area contributed by atoms with Gasteiger partial charge in [0.15, 0.2) is 0 Å². The molecular formula is C9H18N2OS. The van der Waals surface area contributed by atoms with Gasteiger partial charge in [0.2, 0.25) is 5.91 Å². The Hall–Kier alpha value is -0.640. The summed E-state index contributed by atoms with van der Waals surface area (Å²) in [6.45, 7) is 5.38. The van der Waals surface area contributed by atoms with Crippen molar-refractivity contribution in [2.75, 3.05) is 13.1 Å². The van der Waals surface area contributed by atoms with E-state index in [1.165, 1.54) is 0 Å². The number of hydrogen-bond donors (Lipinski definition) is 1. The molecule has 76 valence electrons. The van der Waals surface area contributed by atoms with Gasteiger partial charge in [-0.1, -0.05) is 26.1 Å². The number of nitrogens with zero attached hydrogens (tertiary/aromatic N) is 1. The zero-order valence-corrected chi connectivity index (χ0v) is 9.19. The van der Waals surface area contributed by atoms with Gasteiger partial charge in [-0.2, -0.15) is 0 Å². The molecule has 2 N–H and O–H groups in total. The molecule has 0 aromatic carbocycles. The third-order valence-electron chi connectivity index (χ3n) is 1.78. The maximum Gasteiger partial charge on any atom is 0.222 e. The van der Waals surface area contributed by atoms with E-state index in [1.54, 1.807) is 0 Å². The van der Waals surface area contributed by atoms with Gasteiger partial charge in [-0.3, -0.25) is 4.79 Å². The van der Waals surface area contributed by atoms with Crippen molar-refractivity contribution in [3.8, 4) is 0 Å². The van der Waals surface area contributed by atoms with Gasteiger partial charge in [-0.15, -0.1) is 0 Å². The Morgan fingerprint density at radius 2 is 2.00 bits per heavy atom. The Kier molecular flexibility index (Phi) is 6.49. The van der Waals surface area contributed by atoms with Gasteiger partial charge in [-0.25, -0.2) is 0 Å². The second kappa shape index (κ2) is 6.83. The lowest BCUT2D eigenvalue weighted by atomic mass is 10.3. The normalized spacial score (nSPS) is 9.69. The zero-order chi connectivity index (χ0) is 10.3. The summed E-state index contributed by atoms with van der Waals surface area (Å²) in [4.78, 5) is 13.7. The van der Waals surface area contributed by atoms with E-state index < -0.39 is 0 Å². The van der Waals surface area contributed by atoms with E-state index in [-0.39, 0.29) is 5.91 Å². The van der Waals surface area contributed by atoms with Gasteiger partial charge in [0.1, 0.15) is 0 Å².